The monoisotopic (exact) mass is 291 g/mol. The number of anilines is 1. The lowest BCUT2D eigenvalue weighted by atomic mass is 10.1. The number of esters is 1. The number of rotatable bonds is 8. The Morgan fingerprint density at radius 3 is 2.81 bits per heavy atom. The molecule has 1 rings (SSSR count). The first-order chi connectivity index (χ1) is 10.1. The van der Waals surface area contributed by atoms with E-state index in [-0.39, 0.29) is 17.2 Å². The number of methoxy groups -OCH3 is 1. The molecule has 0 spiro atoms. The number of hydrogen-bond donors (Lipinski definition) is 1. The number of nitrogens with one attached hydrogen (secondary N) is 1. The minimum absolute atomic E-state index is 0.0450. The van der Waals surface area contributed by atoms with E-state index < -0.39 is 4.92 Å². The zero-order chi connectivity index (χ0) is 15.7. The number of hydrogen-bond acceptors (Lipinski definition) is 6. The van der Waals surface area contributed by atoms with Crippen molar-refractivity contribution in [1.29, 1.82) is 5.26 Å². The van der Waals surface area contributed by atoms with Gasteiger partial charge in [0.15, 0.2) is 0 Å². The molecule has 0 unspecified atom stereocenters. The Labute approximate surface area is 122 Å². The van der Waals surface area contributed by atoms with E-state index in [0.29, 0.717) is 18.7 Å². The molecule has 0 aliphatic heterocycles. The van der Waals surface area contributed by atoms with Gasteiger partial charge in [-0.2, -0.15) is 5.26 Å². The van der Waals surface area contributed by atoms with Crippen molar-refractivity contribution in [3.05, 3.63) is 33.9 Å². The highest BCUT2D eigenvalue weighted by molar-refractivity contribution is 5.69. The molecule has 0 heterocycles. The summed E-state index contributed by atoms with van der Waals surface area (Å²) in [6, 6.07) is 6.21. The van der Waals surface area contributed by atoms with Crippen LogP contribution in [0.4, 0.5) is 11.4 Å². The molecule has 112 valence electrons. The van der Waals surface area contributed by atoms with E-state index in [1.54, 1.807) is 12.1 Å². The predicted octanol–water partition coefficient (Wildman–Crippen LogP) is 2.61. The molecule has 0 aliphatic carbocycles. The van der Waals surface area contributed by atoms with Crippen molar-refractivity contribution in [1.82, 2.24) is 0 Å². The molecule has 21 heavy (non-hydrogen) atoms. The molecule has 1 N–H and O–H groups in total. The van der Waals surface area contributed by atoms with Crippen LogP contribution < -0.4 is 5.32 Å². The van der Waals surface area contributed by atoms with Gasteiger partial charge in [0.05, 0.1) is 12.0 Å². The first-order valence-electron chi connectivity index (χ1n) is 6.57. The number of nitrogens with zero attached hydrogens (tertiary/aromatic N) is 2. The molecule has 0 fully saturated rings. The lowest BCUT2D eigenvalue weighted by Gasteiger charge is -2.06. The Morgan fingerprint density at radius 1 is 1.43 bits per heavy atom. The SMILES string of the molecule is COC(=O)CCCCCNc1ccc(C#N)c([N+](=O)[O-])c1. The van der Waals surface area contributed by atoms with Crippen molar-refractivity contribution in [2.45, 2.75) is 25.7 Å². The fourth-order valence-electron chi connectivity index (χ4n) is 1.79. The van der Waals surface area contributed by atoms with Gasteiger partial charge in [-0.1, -0.05) is 6.42 Å². The summed E-state index contributed by atoms with van der Waals surface area (Å²) in [6.45, 7) is 0.643. The van der Waals surface area contributed by atoms with E-state index in [2.05, 4.69) is 10.1 Å². The van der Waals surface area contributed by atoms with Crippen molar-refractivity contribution in [2.24, 2.45) is 0 Å². The summed E-state index contributed by atoms with van der Waals surface area (Å²) in [4.78, 5) is 21.2. The van der Waals surface area contributed by atoms with Crippen LogP contribution in [0.5, 0.6) is 0 Å². The van der Waals surface area contributed by atoms with Crippen molar-refractivity contribution in [2.75, 3.05) is 19.0 Å². The quantitative estimate of drug-likeness (QED) is 0.341. The summed E-state index contributed by atoms with van der Waals surface area (Å²) in [6.07, 6.45) is 2.85. The Kier molecular flexibility index (Phi) is 6.68. The maximum atomic E-state index is 10.9. The predicted molar refractivity (Wildman–Crippen MR) is 76.8 cm³/mol. The van der Waals surface area contributed by atoms with E-state index in [9.17, 15) is 14.9 Å². The number of unbranched alkanes of at least 4 members (excludes halogenated alkanes) is 2. The van der Waals surface area contributed by atoms with Crippen molar-refractivity contribution in [3.63, 3.8) is 0 Å². The summed E-state index contributed by atoms with van der Waals surface area (Å²) in [5.41, 5.74) is 0.450. The molecular formula is C14H17N3O4. The Morgan fingerprint density at radius 2 is 2.19 bits per heavy atom. The van der Waals surface area contributed by atoms with Gasteiger partial charge < -0.3 is 10.1 Å². The number of carbonyl (C=O) groups excluding carboxylic acids is 1. The lowest BCUT2D eigenvalue weighted by molar-refractivity contribution is -0.385. The van der Waals surface area contributed by atoms with E-state index in [0.717, 1.165) is 19.3 Å². The Bertz CT molecular complexity index is 552. The summed E-state index contributed by atoms with van der Waals surface area (Å²) < 4.78 is 4.54. The molecule has 7 heteroatoms. The molecule has 0 bridgehead atoms. The van der Waals surface area contributed by atoms with E-state index >= 15 is 0 Å². The molecule has 1 aromatic rings. The normalized spacial score (nSPS) is 9.71. The highest BCUT2D eigenvalue weighted by atomic mass is 16.6. The third-order valence-electron chi connectivity index (χ3n) is 2.93. The van der Waals surface area contributed by atoms with Crippen LogP contribution >= 0.6 is 0 Å². The van der Waals surface area contributed by atoms with Crippen LogP contribution in [0.3, 0.4) is 0 Å². The Balaban J connectivity index is 2.39. The third-order valence-corrected chi connectivity index (χ3v) is 2.93. The lowest BCUT2D eigenvalue weighted by Crippen LogP contribution is -2.04. The molecule has 0 saturated heterocycles. The maximum absolute atomic E-state index is 10.9. The fraction of sp³-hybridized carbons (Fsp3) is 0.429. The van der Waals surface area contributed by atoms with Gasteiger partial charge in [-0.25, -0.2) is 0 Å². The van der Waals surface area contributed by atoms with Crippen molar-refractivity contribution < 1.29 is 14.5 Å². The second-order valence-corrected chi connectivity index (χ2v) is 4.41. The fourth-order valence-corrected chi connectivity index (χ4v) is 1.79. The van der Waals surface area contributed by atoms with Gasteiger partial charge >= 0.3 is 5.97 Å². The van der Waals surface area contributed by atoms with Gasteiger partial charge in [-0.15, -0.1) is 0 Å². The molecule has 7 nitrogen and oxygen atoms in total. The van der Waals surface area contributed by atoms with Gasteiger partial charge in [0.1, 0.15) is 11.6 Å². The number of benzene rings is 1. The molecule has 1 aromatic carbocycles. The first-order valence-corrected chi connectivity index (χ1v) is 6.57. The molecule has 0 aromatic heterocycles. The average Bonchev–Trinajstić information content (AvgIpc) is 2.50. The van der Waals surface area contributed by atoms with Crippen LogP contribution in [0.25, 0.3) is 0 Å². The molecule has 0 atom stereocenters. The second kappa shape index (κ2) is 8.53. The standard InChI is InChI=1S/C14H17N3O4/c1-21-14(18)5-3-2-4-8-16-12-7-6-11(10-15)13(9-12)17(19)20/h6-7,9,16H,2-5,8H2,1H3. The van der Waals surface area contributed by atoms with Crippen LogP contribution in [0, 0.1) is 21.4 Å². The van der Waals surface area contributed by atoms with E-state index in [1.807, 2.05) is 0 Å². The number of ether oxygens (including phenoxy) is 1. The molecule has 0 aliphatic rings. The average molecular weight is 291 g/mol. The van der Waals surface area contributed by atoms with Crippen molar-refractivity contribution >= 4 is 17.3 Å². The van der Waals surface area contributed by atoms with Gasteiger partial charge in [0.2, 0.25) is 0 Å². The zero-order valence-electron chi connectivity index (χ0n) is 11.8. The molecule has 0 saturated carbocycles. The van der Waals surface area contributed by atoms with Gasteiger partial charge in [0.25, 0.3) is 5.69 Å². The Hall–Kier alpha value is -2.62. The minimum Gasteiger partial charge on any atom is -0.469 e. The van der Waals surface area contributed by atoms with E-state index in [4.69, 9.17) is 5.26 Å². The second-order valence-electron chi connectivity index (χ2n) is 4.41. The summed E-state index contributed by atoms with van der Waals surface area (Å²) in [5, 5.41) is 22.7. The van der Waals surface area contributed by atoms with Crippen LogP contribution in [0.15, 0.2) is 18.2 Å². The third kappa shape index (κ3) is 5.48. The van der Waals surface area contributed by atoms with Crippen LogP contribution in [-0.2, 0) is 9.53 Å². The van der Waals surface area contributed by atoms with Crippen molar-refractivity contribution in [3.8, 4) is 6.07 Å². The maximum Gasteiger partial charge on any atom is 0.305 e. The number of carbonyl (C=O) groups is 1. The zero-order valence-corrected chi connectivity index (χ0v) is 11.8. The highest BCUT2D eigenvalue weighted by Gasteiger charge is 2.13. The molecular weight excluding hydrogens is 274 g/mol. The van der Waals surface area contributed by atoms with Gasteiger partial charge in [0, 0.05) is 24.7 Å². The van der Waals surface area contributed by atoms with Gasteiger partial charge in [-0.05, 0) is 25.0 Å². The highest BCUT2D eigenvalue weighted by Crippen LogP contribution is 2.22. The number of nitro groups is 1. The minimum atomic E-state index is -0.569. The number of nitro benzene ring substituents is 1. The largest absolute Gasteiger partial charge is 0.469 e. The summed E-state index contributed by atoms with van der Waals surface area (Å²) in [7, 11) is 1.36. The van der Waals surface area contributed by atoms with Crippen LogP contribution in [-0.4, -0.2) is 24.5 Å². The first kappa shape index (κ1) is 16.4. The van der Waals surface area contributed by atoms with E-state index in [1.165, 1.54) is 19.2 Å². The molecule has 0 radical (unpaired) electrons. The summed E-state index contributed by atoms with van der Waals surface area (Å²) in [5.74, 6) is -0.217. The molecule has 0 amide bonds. The van der Waals surface area contributed by atoms with Crippen LogP contribution in [0.1, 0.15) is 31.2 Å². The topological polar surface area (TPSA) is 105 Å². The van der Waals surface area contributed by atoms with Gasteiger partial charge in [-0.3, -0.25) is 14.9 Å². The number of nitriles is 1. The summed E-state index contributed by atoms with van der Waals surface area (Å²) >= 11 is 0. The smallest absolute Gasteiger partial charge is 0.305 e. The van der Waals surface area contributed by atoms with Crippen LogP contribution in [0.2, 0.25) is 0 Å².